The number of aryl methyl sites for hydroxylation is 1. The number of carboxylic acid groups (broad SMARTS) is 1. The molecule has 1 N–H and O–H groups in total. The lowest BCUT2D eigenvalue weighted by atomic mass is 9.93. The summed E-state index contributed by atoms with van der Waals surface area (Å²) in [5.41, 5.74) is 4.06. The number of hydrogen-bond donors (Lipinski definition) is 1. The average molecular weight is 226 g/mol. The zero-order chi connectivity index (χ0) is 12.4. The summed E-state index contributed by atoms with van der Waals surface area (Å²) in [4.78, 5) is 11.2. The zero-order valence-corrected chi connectivity index (χ0v) is 9.90. The molecule has 0 atom stereocenters. The largest absolute Gasteiger partial charge is 0.478 e. The third-order valence-corrected chi connectivity index (χ3v) is 2.97. The quantitative estimate of drug-likeness (QED) is 0.848. The van der Waals surface area contributed by atoms with E-state index < -0.39 is 5.97 Å². The maximum atomic E-state index is 11.2. The van der Waals surface area contributed by atoms with Crippen LogP contribution in [0.1, 0.15) is 21.5 Å². The first-order chi connectivity index (χ1) is 8.11. The minimum absolute atomic E-state index is 0.409. The van der Waals surface area contributed by atoms with Crippen molar-refractivity contribution in [3.05, 3.63) is 59.2 Å². The first kappa shape index (κ1) is 11.4. The van der Waals surface area contributed by atoms with Crippen LogP contribution in [0.4, 0.5) is 0 Å². The topological polar surface area (TPSA) is 37.3 Å². The lowest BCUT2D eigenvalue weighted by Gasteiger charge is -2.11. The molecular formula is C15H14O2. The number of aromatic carboxylic acids is 1. The van der Waals surface area contributed by atoms with Gasteiger partial charge in [0.15, 0.2) is 0 Å². The van der Waals surface area contributed by atoms with Gasteiger partial charge in [-0.3, -0.25) is 0 Å². The lowest BCUT2D eigenvalue weighted by molar-refractivity contribution is 0.0695. The van der Waals surface area contributed by atoms with Crippen LogP contribution in [0.15, 0.2) is 42.5 Å². The Morgan fingerprint density at radius 3 is 2.24 bits per heavy atom. The summed E-state index contributed by atoms with van der Waals surface area (Å²) in [6.45, 7) is 3.68. The number of carbonyl (C=O) groups is 1. The van der Waals surface area contributed by atoms with Crippen LogP contribution in [0, 0.1) is 13.8 Å². The maximum Gasteiger partial charge on any atom is 0.336 e. The van der Waals surface area contributed by atoms with E-state index in [9.17, 15) is 9.90 Å². The summed E-state index contributed by atoms with van der Waals surface area (Å²) >= 11 is 0. The summed E-state index contributed by atoms with van der Waals surface area (Å²) in [7, 11) is 0. The third kappa shape index (κ3) is 2.07. The van der Waals surface area contributed by atoms with Gasteiger partial charge in [-0.05, 0) is 36.1 Å². The second-order valence-electron chi connectivity index (χ2n) is 4.10. The van der Waals surface area contributed by atoms with Gasteiger partial charge in [0, 0.05) is 0 Å². The van der Waals surface area contributed by atoms with E-state index in [0.29, 0.717) is 5.56 Å². The second-order valence-corrected chi connectivity index (χ2v) is 4.10. The number of rotatable bonds is 2. The molecule has 0 aliphatic heterocycles. The van der Waals surface area contributed by atoms with E-state index in [0.717, 1.165) is 22.3 Å². The van der Waals surface area contributed by atoms with E-state index in [4.69, 9.17) is 0 Å². The summed E-state index contributed by atoms with van der Waals surface area (Å²) in [6.07, 6.45) is 0. The van der Waals surface area contributed by atoms with Gasteiger partial charge in [-0.25, -0.2) is 4.79 Å². The van der Waals surface area contributed by atoms with Crippen LogP contribution in [-0.2, 0) is 0 Å². The van der Waals surface area contributed by atoms with E-state index in [1.54, 1.807) is 0 Å². The van der Waals surface area contributed by atoms with Crippen LogP contribution < -0.4 is 0 Å². The van der Waals surface area contributed by atoms with Crippen LogP contribution in [-0.4, -0.2) is 11.1 Å². The van der Waals surface area contributed by atoms with Crippen LogP contribution >= 0.6 is 0 Å². The SMILES string of the molecule is Cc1ccc(-c2ccccc2)c(C)c1C(=O)O. The Morgan fingerprint density at radius 2 is 1.65 bits per heavy atom. The molecule has 2 nitrogen and oxygen atoms in total. The predicted octanol–water partition coefficient (Wildman–Crippen LogP) is 3.67. The molecule has 2 heteroatoms. The molecule has 0 aliphatic rings. The van der Waals surface area contributed by atoms with E-state index in [1.807, 2.05) is 56.3 Å². The smallest absolute Gasteiger partial charge is 0.336 e. The highest BCUT2D eigenvalue weighted by molar-refractivity contribution is 5.93. The normalized spacial score (nSPS) is 10.2. The molecule has 0 amide bonds. The average Bonchev–Trinajstić information content (AvgIpc) is 2.30. The molecule has 0 fully saturated rings. The maximum absolute atomic E-state index is 11.2. The van der Waals surface area contributed by atoms with Crippen LogP contribution in [0.2, 0.25) is 0 Å². The fourth-order valence-electron chi connectivity index (χ4n) is 2.11. The predicted molar refractivity (Wildman–Crippen MR) is 68.3 cm³/mol. The highest BCUT2D eigenvalue weighted by Gasteiger charge is 2.14. The molecule has 0 aromatic heterocycles. The molecule has 0 saturated carbocycles. The van der Waals surface area contributed by atoms with Gasteiger partial charge in [0.25, 0.3) is 0 Å². The van der Waals surface area contributed by atoms with Crippen LogP contribution in [0.5, 0.6) is 0 Å². The van der Waals surface area contributed by atoms with Crippen LogP contribution in [0.25, 0.3) is 11.1 Å². The summed E-state index contributed by atoms with van der Waals surface area (Å²) in [5, 5.41) is 9.22. The molecule has 2 rings (SSSR count). The van der Waals surface area contributed by atoms with Crippen molar-refractivity contribution in [3.63, 3.8) is 0 Å². The van der Waals surface area contributed by atoms with Crippen molar-refractivity contribution in [2.24, 2.45) is 0 Å². The second kappa shape index (κ2) is 4.42. The van der Waals surface area contributed by atoms with Gasteiger partial charge in [-0.1, -0.05) is 42.5 Å². The monoisotopic (exact) mass is 226 g/mol. The Labute approximate surface area is 101 Å². The molecule has 0 spiro atoms. The van der Waals surface area contributed by atoms with Crippen LogP contribution in [0.3, 0.4) is 0 Å². The van der Waals surface area contributed by atoms with Gasteiger partial charge in [0.1, 0.15) is 0 Å². The summed E-state index contributed by atoms with van der Waals surface area (Å²) in [6, 6.07) is 13.7. The molecule has 0 bridgehead atoms. The van der Waals surface area contributed by atoms with E-state index in [-0.39, 0.29) is 0 Å². The Morgan fingerprint density at radius 1 is 1.00 bits per heavy atom. The van der Waals surface area contributed by atoms with E-state index in [2.05, 4.69) is 0 Å². The molecule has 2 aromatic carbocycles. The minimum Gasteiger partial charge on any atom is -0.478 e. The van der Waals surface area contributed by atoms with Gasteiger partial charge in [-0.2, -0.15) is 0 Å². The Kier molecular flexibility index (Phi) is 2.96. The molecule has 0 heterocycles. The number of benzene rings is 2. The minimum atomic E-state index is -0.863. The van der Waals surface area contributed by atoms with Crippen molar-refractivity contribution < 1.29 is 9.90 Å². The van der Waals surface area contributed by atoms with Gasteiger partial charge >= 0.3 is 5.97 Å². The Hall–Kier alpha value is -2.09. The summed E-state index contributed by atoms with van der Waals surface area (Å²) < 4.78 is 0. The Balaban J connectivity index is 2.66. The molecule has 0 unspecified atom stereocenters. The molecular weight excluding hydrogens is 212 g/mol. The summed E-state index contributed by atoms with van der Waals surface area (Å²) in [5.74, 6) is -0.863. The highest BCUT2D eigenvalue weighted by atomic mass is 16.4. The molecule has 17 heavy (non-hydrogen) atoms. The fourth-order valence-corrected chi connectivity index (χ4v) is 2.11. The van der Waals surface area contributed by atoms with Crippen molar-refractivity contribution in [1.29, 1.82) is 0 Å². The number of carboxylic acids is 1. The Bertz CT molecular complexity index is 557. The van der Waals surface area contributed by atoms with Gasteiger partial charge in [0.2, 0.25) is 0 Å². The highest BCUT2D eigenvalue weighted by Crippen LogP contribution is 2.27. The van der Waals surface area contributed by atoms with Crippen molar-refractivity contribution in [1.82, 2.24) is 0 Å². The van der Waals surface area contributed by atoms with E-state index >= 15 is 0 Å². The zero-order valence-electron chi connectivity index (χ0n) is 9.90. The number of hydrogen-bond acceptors (Lipinski definition) is 1. The fraction of sp³-hybridized carbons (Fsp3) is 0.133. The first-order valence-corrected chi connectivity index (χ1v) is 5.50. The van der Waals surface area contributed by atoms with Gasteiger partial charge < -0.3 is 5.11 Å². The van der Waals surface area contributed by atoms with Gasteiger partial charge in [-0.15, -0.1) is 0 Å². The molecule has 0 saturated heterocycles. The van der Waals surface area contributed by atoms with Gasteiger partial charge in [0.05, 0.1) is 5.56 Å². The molecule has 86 valence electrons. The van der Waals surface area contributed by atoms with Crippen molar-refractivity contribution in [2.75, 3.05) is 0 Å². The van der Waals surface area contributed by atoms with Crippen molar-refractivity contribution >= 4 is 5.97 Å². The third-order valence-electron chi connectivity index (χ3n) is 2.97. The molecule has 0 radical (unpaired) electrons. The van der Waals surface area contributed by atoms with E-state index in [1.165, 1.54) is 0 Å². The standard InChI is InChI=1S/C15H14O2/c1-10-8-9-13(11(2)14(10)15(16)17)12-6-4-3-5-7-12/h3-9H,1-2H3,(H,16,17). The van der Waals surface area contributed by atoms with Crippen molar-refractivity contribution in [3.8, 4) is 11.1 Å². The first-order valence-electron chi connectivity index (χ1n) is 5.50. The van der Waals surface area contributed by atoms with Crippen molar-refractivity contribution in [2.45, 2.75) is 13.8 Å². The molecule has 2 aromatic rings. The molecule has 0 aliphatic carbocycles. The lowest BCUT2D eigenvalue weighted by Crippen LogP contribution is -2.04.